The van der Waals surface area contributed by atoms with E-state index >= 15 is 0 Å². The van der Waals surface area contributed by atoms with E-state index in [0.29, 0.717) is 30.8 Å². The molecule has 5 nitrogen and oxygen atoms in total. The van der Waals surface area contributed by atoms with E-state index in [4.69, 9.17) is 0 Å². The Balaban J connectivity index is 1.55. The number of rotatable bonds is 5. The van der Waals surface area contributed by atoms with Crippen molar-refractivity contribution in [3.05, 3.63) is 66.2 Å². The normalized spacial score (nSPS) is 17.0. The lowest BCUT2D eigenvalue weighted by molar-refractivity contribution is -0.274. The van der Waals surface area contributed by atoms with Gasteiger partial charge in [0.25, 0.3) is 0 Å². The fourth-order valence-corrected chi connectivity index (χ4v) is 3.21. The molecule has 2 aromatic carbocycles. The summed E-state index contributed by atoms with van der Waals surface area (Å²) in [5.41, 5.74) is 1.28. The first-order chi connectivity index (χ1) is 14.3. The summed E-state index contributed by atoms with van der Waals surface area (Å²) in [6.07, 6.45) is -0.446. The van der Waals surface area contributed by atoms with Gasteiger partial charge in [-0.2, -0.15) is 0 Å². The smallest absolute Gasteiger partial charge is 0.406 e. The Morgan fingerprint density at radius 1 is 1.07 bits per heavy atom. The number of hydrogen-bond donors (Lipinski definition) is 1. The summed E-state index contributed by atoms with van der Waals surface area (Å²) in [5, 5.41) is 2.86. The average Bonchev–Trinajstić information content (AvgIpc) is 2.73. The number of amides is 2. The van der Waals surface area contributed by atoms with Gasteiger partial charge in [-0.05, 0) is 48.7 Å². The van der Waals surface area contributed by atoms with Gasteiger partial charge in [0, 0.05) is 24.9 Å². The fourth-order valence-electron chi connectivity index (χ4n) is 3.21. The van der Waals surface area contributed by atoms with Gasteiger partial charge in [0.05, 0.1) is 5.92 Å². The summed E-state index contributed by atoms with van der Waals surface area (Å²) < 4.78 is 40.4. The number of para-hydroxylation sites is 1. The van der Waals surface area contributed by atoms with Crippen molar-refractivity contribution >= 4 is 23.6 Å². The van der Waals surface area contributed by atoms with E-state index in [1.54, 1.807) is 17.0 Å². The van der Waals surface area contributed by atoms with Crippen LogP contribution in [0, 0.1) is 5.92 Å². The second-order valence-electron chi connectivity index (χ2n) is 6.93. The standard InChI is InChI=1S/C22H21F3N2O3/c23-22(24,25)30-19-11-8-16(9-12-19)10-13-20(28)27-14-4-5-17(15-27)21(29)26-18-6-2-1-3-7-18/h1-3,6-13,17H,4-5,14-15H2,(H,26,29). The minimum atomic E-state index is -4.75. The molecule has 3 rings (SSSR count). The van der Waals surface area contributed by atoms with Crippen LogP contribution in [0.3, 0.4) is 0 Å². The molecule has 1 atom stereocenters. The van der Waals surface area contributed by atoms with Gasteiger partial charge in [-0.15, -0.1) is 13.2 Å². The molecule has 1 unspecified atom stereocenters. The number of alkyl halides is 3. The zero-order chi connectivity index (χ0) is 21.6. The molecule has 158 valence electrons. The monoisotopic (exact) mass is 418 g/mol. The minimum absolute atomic E-state index is 0.122. The van der Waals surface area contributed by atoms with Crippen LogP contribution in [0.5, 0.6) is 5.75 Å². The lowest BCUT2D eigenvalue weighted by Gasteiger charge is -2.31. The van der Waals surface area contributed by atoms with Crippen LogP contribution in [-0.2, 0) is 9.59 Å². The largest absolute Gasteiger partial charge is 0.573 e. The van der Waals surface area contributed by atoms with Crippen molar-refractivity contribution in [3.63, 3.8) is 0 Å². The van der Waals surface area contributed by atoms with Gasteiger partial charge in [-0.25, -0.2) is 0 Å². The number of nitrogens with zero attached hydrogens (tertiary/aromatic N) is 1. The van der Waals surface area contributed by atoms with Gasteiger partial charge in [0.15, 0.2) is 0 Å². The first-order valence-electron chi connectivity index (χ1n) is 9.49. The Bertz CT molecular complexity index is 896. The summed E-state index contributed by atoms with van der Waals surface area (Å²) in [5.74, 6) is -0.991. The molecular formula is C22H21F3N2O3. The van der Waals surface area contributed by atoms with E-state index < -0.39 is 6.36 Å². The van der Waals surface area contributed by atoms with E-state index in [1.165, 1.54) is 36.4 Å². The number of anilines is 1. The molecule has 1 fully saturated rings. The average molecular weight is 418 g/mol. The minimum Gasteiger partial charge on any atom is -0.406 e. The third-order valence-electron chi connectivity index (χ3n) is 4.68. The summed E-state index contributed by atoms with van der Waals surface area (Å²) in [6.45, 7) is 0.872. The molecular weight excluding hydrogens is 397 g/mol. The molecule has 0 spiro atoms. The lowest BCUT2D eigenvalue weighted by Crippen LogP contribution is -2.43. The molecule has 1 aliphatic rings. The van der Waals surface area contributed by atoms with Crippen molar-refractivity contribution in [3.8, 4) is 5.75 Å². The predicted molar refractivity (Wildman–Crippen MR) is 107 cm³/mol. The number of likely N-dealkylation sites (tertiary alicyclic amines) is 1. The lowest BCUT2D eigenvalue weighted by atomic mass is 9.97. The van der Waals surface area contributed by atoms with Gasteiger partial charge < -0.3 is 15.0 Å². The van der Waals surface area contributed by atoms with Gasteiger partial charge >= 0.3 is 6.36 Å². The zero-order valence-electron chi connectivity index (χ0n) is 16.1. The molecule has 1 saturated heterocycles. The van der Waals surface area contributed by atoms with Crippen LogP contribution in [0.2, 0.25) is 0 Å². The second-order valence-corrected chi connectivity index (χ2v) is 6.93. The molecule has 30 heavy (non-hydrogen) atoms. The fraction of sp³-hybridized carbons (Fsp3) is 0.273. The molecule has 0 aromatic heterocycles. The summed E-state index contributed by atoms with van der Waals surface area (Å²) in [4.78, 5) is 26.6. The summed E-state index contributed by atoms with van der Waals surface area (Å²) >= 11 is 0. The molecule has 0 aliphatic carbocycles. The van der Waals surface area contributed by atoms with E-state index in [0.717, 1.165) is 6.42 Å². The van der Waals surface area contributed by atoms with E-state index in [1.807, 2.05) is 18.2 Å². The van der Waals surface area contributed by atoms with Crippen LogP contribution < -0.4 is 10.1 Å². The number of ether oxygens (including phenoxy) is 1. The molecule has 0 radical (unpaired) electrons. The Morgan fingerprint density at radius 2 is 1.77 bits per heavy atom. The Labute approximate surface area is 172 Å². The quantitative estimate of drug-likeness (QED) is 0.729. The van der Waals surface area contributed by atoms with Crippen LogP contribution in [0.4, 0.5) is 18.9 Å². The molecule has 8 heteroatoms. The van der Waals surface area contributed by atoms with Gasteiger partial charge in [-0.3, -0.25) is 9.59 Å². The van der Waals surface area contributed by atoms with Crippen molar-refractivity contribution in [1.29, 1.82) is 0 Å². The number of nitrogens with one attached hydrogen (secondary N) is 1. The van der Waals surface area contributed by atoms with Gasteiger partial charge in [0.2, 0.25) is 11.8 Å². The SMILES string of the molecule is O=C(Nc1ccccc1)C1CCCN(C(=O)C=Cc2ccc(OC(F)(F)F)cc2)C1. The topological polar surface area (TPSA) is 58.6 Å². The number of piperidine rings is 1. The molecule has 0 bridgehead atoms. The zero-order valence-corrected chi connectivity index (χ0v) is 16.1. The molecule has 1 N–H and O–H groups in total. The van der Waals surface area contributed by atoms with Crippen LogP contribution in [-0.4, -0.2) is 36.2 Å². The first-order valence-corrected chi connectivity index (χ1v) is 9.49. The Morgan fingerprint density at radius 3 is 2.43 bits per heavy atom. The molecule has 2 amide bonds. The maximum absolute atomic E-state index is 12.5. The van der Waals surface area contributed by atoms with Crippen molar-refractivity contribution < 1.29 is 27.5 Å². The van der Waals surface area contributed by atoms with Crippen LogP contribution in [0.25, 0.3) is 6.08 Å². The molecule has 1 heterocycles. The Kier molecular flexibility index (Phi) is 6.76. The second kappa shape index (κ2) is 9.47. The molecule has 0 saturated carbocycles. The van der Waals surface area contributed by atoms with Crippen LogP contribution in [0.15, 0.2) is 60.7 Å². The first kappa shape index (κ1) is 21.4. The van der Waals surface area contributed by atoms with Crippen molar-refractivity contribution in [2.45, 2.75) is 19.2 Å². The summed E-state index contributed by atoms with van der Waals surface area (Å²) in [7, 11) is 0. The highest BCUT2D eigenvalue weighted by Crippen LogP contribution is 2.23. The predicted octanol–water partition coefficient (Wildman–Crippen LogP) is 4.48. The third kappa shape index (κ3) is 6.37. The van der Waals surface area contributed by atoms with Crippen molar-refractivity contribution in [1.82, 2.24) is 4.90 Å². The summed E-state index contributed by atoms with van der Waals surface area (Å²) in [6, 6.07) is 14.4. The maximum atomic E-state index is 12.5. The molecule has 2 aromatic rings. The number of halogens is 3. The number of benzene rings is 2. The highest BCUT2D eigenvalue weighted by molar-refractivity contribution is 5.95. The van der Waals surface area contributed by atoms with Gasteiger partial charge in [-0.1, -0.05) is 30.3 Å². The molecule has 1 aliphatic heterocycles. The Hall–Kier alpha value is -3.29. The number of carbonyl (C=O) groups is 2. The van der Waals surface area contributed by atoms with E-state index in [9.17, 15) is 22.8 Å². The maximum Gasteiger partial charge on any atom is 0.573 e. The number of carbonyl (C=O) groups excluding carboxylic acids is 2. The third-order valence-corrected chi connectivity index (χ3v) is 4.68. The van der Waals surface area contributed by atoms with Crippen LogP contribution >= 0.6 is 0 Å². The number of hydrogen-bond acceptors (Lipinski definition) is 3. The van der Waals surface area contributed by atoms with Crippen molar-refractivity contribution in [2.75, 3.05) is 18.4 Å². The van der Waals surface area contributed by atoms with E-state index in [2.05, 4.69) is 10.1 Å². The highest BCUT2D eigenvalue weighted by Gasteiger charge is 2.31. The van der Waals surface area contributed by atoms with Crippen molar-refractivity contribution in [2.24, 2.45) is 5.92 Å². The van der Waals surface area contributed by atoms with E-state index in [-0.39, 0.29) is 23.5 Å². The highest BCUT2D eigenvalue weighted by atomic mass is 19.4. The van der Waals surface area contributed by atoms with Crippen LogP contribution in [0.1, 0.15) is 18.4 Å². The van der Waals surface area contributed by atoms with Gasteiger partial charge in [0.1, 0.15) is 5.75 Å².